The Morgan fingerprint density at radius 1 is 1.89 bits per heavy atom. The van der Waals surface area contributed by atoms with E-state index in [1.54, 1.807) is 10.9 Å². The molecule has 4 heteroatoms. The first-order valence-electron chi connectivity index (χ1n) is 2.57. The molecule has 0 aliphatic rings. The molecule has 1 heterocycles. The standard InChI is InChI=1S/C5H8N3S/c1-4(9)5-3-8(2)7-6-5/h3-4,9H,1H2,2H3. The van der Waals surface area contributed by atoms with Crippen LogP contribution in [0.2, 0.25) is 0 Å². The predicted molar refractivity (Wildman–Crippen MR) is 38.1 cm³/mol. The van der Waals surface area contributed by atoms with E-state index in [1.165, 1.54) is 0 Å². The lowest BCUT2D eigenvalue weighted by Crippen LogP contribution is -1.85. The van der Waals surface area contributed by atoms with E-state index < -0.39 is 0 Å². The van der Waals surface area contributed by atoms with Crippen LogP contribution in [-0.2, 0) is 7.05 Å². The Balaban J connectivity index is 2.85. The normalized spacial score (nSPS) is 13.7. The molecule has 1 radical (unpaired) electrons. The van der Waals surface area contributed by atoms with E-state index in [2.05, 4.69) is 29.9 Å². The predicted octanol–water partition coefficient (Wildman–Crippen LogP) is 0.620. The summed E-state index contributed by atoms with van der Waals surface area (Å²) in [4.78, 5) is 0. The Morgan fingerprint density at radius 3 is 2.78 bits per heavy atom. The van der Waals surface area contributed by atoms with E-state index in [0.29, 0.717) is 0 Å². The molecule has 1 unspecified atom stereocenters. The fraction of sp³-hybridized carbons (Fsp3) is 0.400. The highest BCUT2D eigenvalue weighted by atomic mass is 32.1. The van der Waals surface area contributed by atoms with Crippen LogP contribution in [0.15, 0.2) is 6.20 Å². The highest BCUT2D eigenvalue weighted by molar-refractivity contribution is 7.80. The van der Waals surface area contributed by atoms with E-state index in [9.17, 15) is 0 Å². The smallest absolute Gasteiger partial charge is 0.0954 e. The third-order valence-corrected chi connectivity index (χ3v) is 1.23. The second-order valence-corrected chi connectivity index (χ2v) is 2.46. The lowest BCUT2D eigenvalue weighted by molar-refractivity contribution is 0.713. The van der Waals surface area contributed by atoms with Crippen molar-refractivity contribution in [3.8, 4) is 0 Å². The Kier molecular flexibility index (Phi) is 1.75. The molecule has 0 spiro atoms. The summed E-state index contributed by atoms with van der Waals surface area (Å²) >= 11 is 4.07. The highest BCUT2D eigenvalue weighted by Gasteiger charge is 2.01. The molecule has 0 bridgehead atoms. The Bertz CT molecular complexity index is 194. The van der Waals surface area contributed by atoms with Crippen molar-refractivity contribution < 1.29 is 0 Å². The van der Waals surface area contributed by atoms with Gasteiger partial charge >= 0.3 is 0 Å². The summed E-state index contributed by atoms with van der Waals surface area (Å²) in [5, 5.41) is 7.43. The fourth-order valence-electron chi connectivity index (χ4n) is 0.518. The van der Waals surface area contributed by atoms with Crippen molar-refractivity contribution in [2.75, 3.05) is 0 Å². The average molecular weight is 142 g/mol. The highest BCUT2D eigenvalue weighted by Crippen LogP contribution is 2.13. The Morgan fingerprint density at radius 2 is 2.56 bits per heavy atom. The minimum atomic E-state index is -0.0706. The summed E-state index contributed by atoms with van der Waals surface area (Å²) in [5.74, 6) is 0. The van der Waals surface area contributed by atoms with Crippen LogP contribution in [0.1, 0.15) is 10.9 Å². The van der Waals surface area contributed by atoms with Crippen molar-refractivity contribution in [1.82, 2.24) is 15.0 Å². The van der Waals surface area contributed by atoms with Crippen LogP contribution in [0.25, 0.3) is 0 Å². The lowest BCUT2D eigenvalue weighted by atomic mass is 10.4. The van der Waals surface area contributed by atoms with Gasteiger partial charge in [-0.1, -0.05) is 5.21 Å². The first-order chi connectivity index (χ1) is 4.20. The minimum Gasteiger partial charge on any atom is -0.255 e. The number of hydrogen-bond acceptors (Lipinski definition) is 3. The number of aromatic nitrogens is 3. The zero-order chi connectivity index (χ0) is 6.85. The summed E-state index contributed by atoms with van der Waals surface area (Å²) in [5.41, 5.74) is 0.806. The van der Waals surface area contributed by atoms with Crippen molar-refractivity contribution >= 4 is 12.6 Å². The molecule has 0 N–H and O–H groups in total. The van der Waals surface area contributed by atoms with Crippen molar-refractivity contribution in [1.29, 1.82) is 0 Å². The second-order valence-electron chi connectivity index (χ2n) is 1.83. The lowest BCUT2D eigenvalue weighted by Gasteiger charge is -1.92. The fourth-order valence-corrected chi connectivity index (χ4v) is 0.636. The van der Waals surface area contributed by atoms with Crippen molar-refractivity contribution in [3.63, 3.8) is 0 Å². The van der Waals surface area contributed by atoms with Crippen LogP contribution in [-0.4, -0.2) is 15.0 Å². The maximum Gasteiger partial charge on any atom is 0.0954 e. The average Bonchev–Trinajstić information content (AvgIpc) is 2.14. The SMILES string of the molecule is [CH2]C(S)c1cn(C)nn1. The van der Waals surface area contributed by atoms with Gasteiger partial charge < -0.3 is 0 Å². The van der Waals surface area contributed by atoms with E-state index >= 15 is 0 Å². The largest absolute Gasteiger partial charge is 0.255 e. The minimum absolute atomic E-state index is 0.0706. The molecular weight excluding hydrogens is 134 g/mol. The first kappa shape index (κ1) is 6.61. The topological polar surface area (TPSA) is 30.7 Å². The molecule has 0 aliphatic carbocycles. The summed E-state index contributed by atoms with van der Waals surface area (Å²) in [6.07, 6.45) is 1.80. The quantitative estimate of drug-likeness (QED) is 0.583. The third-order valence-electron chi connectivity index (χ3n) is 0.962. The number of aryl methyl sites for hydroxylation is 1. The molecule has 49 valence electrons. The maximum atomic E-state index is 4.07. The van der Waals surface area contributed by atoms with Gasteiger partial charge in [-0.15, -0.1) is 5.10 Å². The van der Waals surface area contributed by atoms with Crippen molar-refractivity contribution in [3.05, 3.63) is 18.8 Å². The molecule has 0 aliphatic heterocycles. The van der Waals surface area contributed by atoms with Crippen molar-refractivity contribution in [2.24, 2.45) is 7.05 Å². The molecule has 0 saturated carbocycles. The zero-order valence-corrected chi connectivity index (χ0v) is 6.05. The zero-order valence-electron chi connectivity index (χ0n) is 5.15. The van der Waals surface area contributed by atoms with Gasteiger partial charge in [-0.2, -0.15) is 12.6 Å². The molecule has 0 fully saturated rings. The molecule has 0 saturated heterocycles. The molecule has 1 rings (SSSR count). The van der Waals surface area contributed by atoms with Crippen LogP contribution in [0, 0.1) is 6.92 Å². The summed E-state index contributed by atoms with van der Waals surface area (Å²) in [6.45, 7) is 3.67. The summed E-state index contributed by atoms with van der Waals surface area (Å²) < 4.78 is 1.63. The van der Waals surface area contributed by atoms with Gasteiger partial charge in [0.15, 0.2) is 0 Å². The van der Waals surface area contributed by atoms with E-state index in [1.807, 2.05) is 7.05 Å². The van der Waals surface area contributed by atoms with Gasteiger partial charge in [-0.25, -0.2) is 0 Å². The van der Waals surface area contributed by atoms with Gasteiger partial charge in [0.2, 0.25) is 0 Å². The van der Waals surface area contributed by atoms with Gasteiger partial charge in [0.05, 0.1) is 5.69 Å². The molecule has 1 aromatic rings. The van der Waals surface area contributed by atoms with Crippen LogP contribution >= 0.6 is 12.6 Å². The summed E-state index contributed by atoms with van der Waals surface area (Å²) in [7, 11) is 1.81. The third kappa shape index (κ3) is 1.45. The second kappa shape index (κ2) is 2.39. The molecule has 1 atom stereocenters. The van der Waals surface area contributed by atoms with Gasteiger partial charge in [0.1, 0.15) is 0 Å². The monoisotopic (exact) mass is 142 g/mol. The number of nitrogens with zero attached hydrogens (tertiary/aromatic N) is 3. The molecular formula is C5H8N3S. The van der Waals surface area contributed by atoms with Gasteiger partial charge in [-0.3, -0.25) is 4.68 Å². The van der Waals surface area contributed by atoms with E-state index in [4.69, 9.17) is 0 Å². The van der Waals surface area contributed by atoms with E-state index in [-0.39, 0.29) is 5.25 Å². The van der Waals surface area contributed by atoms with Crippen LogP contribution < -0.4 is 0 Å². The number of thiol groups is 1. The van der Waals surface area contributed by atoms with Crippen LogP contribution in [0.4, 0.5) is 0 Å². The van der Waals surface area contributed by atoms with Crippen LogP contribution in [0.5, 0.6) is 0 Å². The molecule has 3 nitrogen and oxygen atoms in total. The number of rotatable bonds is 1. The number of hydrogen-bond donors (Lipinski definition) is 1. The van der Waals surface area contributed by atoms with Gasteiger partial charge in [-0.05, 0) is 6.92 Å². The molecule has 1 aromatic heterocycles. The van der Waals surface area contributed by atoms with Gasteiger partial charge in [0, 0.05) is 18.5 Å². The Hall–Kier alpha value is -0.510. The molecule has 9 heavy (non-hydrogen) atoms. The molecule has 0 amide bonds. The first-order valence-corrected chi connectivity index (χ1v) is 3.09. The van der Waals surface area contributed by atoms with E-state index in [0.717, 1.165) is 5.69 Å². The maximum absolute atomic E-state index is 4.07. The molecule has 0 aromatic carbocycles. The van der Waals surface area contributed by atoms with Gasteiger partial charge in [0.25, 0.3) is 0 Å². The Labute approximate surface area is 59.5 Å². The van der Waals surface area contributed by atoms with Crippen molar-refractivity contribution in [2.45, 2.75) is 5.25 Å². The summed E-state index contributed by atoms with van der Waals surface area (Å²) in [6, 6.07) is 0. The van der Waals surface area contributed by atoms with Crippen LogP contribution in [0.3, 0.4) is 0 Å².